The molecule has 34 heavy (non-hydrogen) atoms. The molecule has 182 valence electrons. The molecule has 0 aromatic heterocycles. The number of aliphatic hydroxyl groups is 1. The van der Waals surface area contributed by atoms with Gasteiger partial charge in [0.2, 0.25) is 5.91 Å². The van der Waals surface area contributed by atoms with Gasteiger partial charge >= 0.3 is 6.29 Å². The Bertz CT molecular complexity index is 1050. The maximum absolute atomic E-state index is 13.4. The van der Waals surface area contributed by atoms with E-state index in [1.807, 2.05) is 32.1 Å². The Kier molecular flexibility index (Phi) is 7.84. The summed E-state index contributed by atoms with van der Waals surface area (Å²) in [6, 6.07) is 0. The van der Waals surface area contributed by atoms with Crippen LogP contribution < -0.4 is 10.6 Å². The number of hydrogen-bond donors (Lipinski definition) is 3. The third kappa shape index (κ3) is 6.27. The lowest BCUT2D eigenvalue weighted by molar-refractivity contribution is -0.367. The summed E-state index contributed by atoms with van der Waals surface area (Å²) in [4.78, 5) is 18.1. The number of amidine groups is 1. The van der Waals surface area contributed by atoms with Crippen molar-refractivity contribution in [3.8, 4) is 0 Å². The van der Waals surface area contributed by atoms with Gasteiger partial charge in [0.15, 0.2) is 0 Å². The zero-order chi connectivity index (χ0) is 24.9. The number of carbonyl (C=O) groups excluding carboxylic acids is 1. The number of hydrogen-bond acceptors (Lipinski definition) is 5. The minimum Gasteiger partial charge on any atom is -0.362 e. The number of rotatable bonds is 9. The predicted molar refractivity (Wildman–Crippen MR) is 128 cm³/mol. The molecule has 2 heterocycles. The van der Waals surface area contributed by atoms with Crippen LogP contribution >= 0.6 is 0 Å². The van der Waals surface area contributed by atoms with E-state index in [2.05, 4.69) is 28.5 Å². The molecule has 1 amide bonds. The minimum atomic E-state index is -4.21. The van der Waals surface area contributed by atoms with Crippen LogP contribution in [0, 0.1) is 5.41 Å². The van der Waals surface area contributed by atoms with E-state index in [4.69, 9.17) is 10.1 Å². The van der Waals surface area contributed by atoms with E-state index in [0.717, 1.165) is 34.5 Å². The molecule has 3 rings (SSSR count). The Morgan fingerprint density at radius 3 is 2.76 bits per heavy atom. The van der Waals surface area contributed by atoms with Gasteiger partial charge in [-0.05, 0) is 55.9 Å². The molecule has 0 unspecified atom stereocenters. The summed E-state index contributed by atoms with van der Waals surface area (Å²) >= 11 is 0. The molecular weight excluding hydrogens is 440 g/mol. The Morgan fingerprint density at radius 2 is 2.15 bits per heavy atom. The van der Waals surface area contributed by atoms with Crippen LogP contribution in [0.25, 0.3) is 0 Å². The quantitative estimate of drug-likeness (QED) is 0.330. The van der Waals surface area contributed by atoms with Gasteiger partial charge in [0, 0.05) is 23.9 Å². The monoisotopic (exact) mass is 471 g/mol. The van der Waals surface area contributed by atoms with Crippen molar-refractivity contribution in [1.82, 2.24) is 10.6 Å². The van der Waals surface area contributed by atoms with Gasteiger partial charge in [-0.25, -0.2) is 4.99 Å². The second-order valence-corrected chi connectivity index (χ2v) is 8.60. The van der Waals surface area contributed by atoms with Gasteiger partial charge in [0.25, 0.3) is 0 Å². The Morgan fingerprint density at radius 1 is 1.41 bits per heavy atom. The van der Waals surface area contributed by atoms with Gasteiger partial charge in [-0.15, -0.1) is 8.78 Å². The van der Waals surface area contributed by atoms with Gasteiger partial charge in [-0.2, -0.15) is 0 Å². The topological polar surface area (TPSA) is 83.0 Å². The van der Waals surface area contributed by atoms with Crippen molar-refractivity contribution < 1.29 is 23.4 Å². The number of amides is 1. The molecule has 0 aromatic rings. The first kappa shape index (κ1) is 25.5. The van der Waals surface area contributed by atoms with Gasteiger partial charge in [-0.3, -0.25) is 9.53 Å². The van der Waals surface area contributed by atoms with Crippen LogP contribution in [-0.2, 0) is 9.53 Å². The number of allylic oxidation sites excluding steroid dienone is 6. The summed E-state index contributed by atoms with van der Waals surface area (Å²) in [5, 5.41) is 14.5. The molecule has 8 heteroatoms. The SMILES string of the molecule is C=C(/C=C(\C=C/COC(O)(F)F)C1(C(=O)NC2=NC(C3=CC=CNC3=C)=C(C)CC2)CC1)CC. The van der Waals surface area contributed by atoms with Crippen molar-refractivity contribution >= 4 is 11.7 Å². The molecule has 1 aliphatic carbocycles. The second kappa shape index (κ2) is 10.4. The van der Waals surface area contributed by atoms with Crippen molar-refractivity contribution in [2.75, 3.05) is 6.61 Å². The summed E-state index contributed by atoms with van der Waals surface area (Å²) < 4.78 is 29.1. The Balaban J connectivity index is 1.79. The van der Waals surface area contributed by atoms with Crippen molar-refractivity contribution in [2.45, 2.75) is 52.2 Å². The first-order valence-corrected chi connectivity index (χ1v) is 11.3. The largest absolute Gasteiger partial charge is 0.483 e. The van der Waals surface area contributed by atoms with Gasteiger partial charge in [0.1, 0.15) is 5.84 Å². The number of dihydropyridines is 1. The summed E-state index contributed by atoms with van der Waals surface area (Å²) in [7, 11) is 0. The number of nitrogens with one attached hydrogen (secondary N) is 2. The maximum Gasteiger partial charge on any atom is 0.483 e. The molecule has 6 nitrogen and oxygen atoms in total. The average molecular weight is 472 g/mol. The fourth-order valence-corrected chi connectivity index (χ4v) is 3.80. The van der Waals surface area contributed by atoms with Crippen LogP contribution in [0.5, 0.6) is 0 Å². The molecule has 3 N–H and O–H groups in total. The number of nitrogens with zero attached hydrogens (tertiary/aromatic N) is 1. The van der Waals surface area contributed by atoms with E-state index in [9.17, 15) is 13.6 Å². The Labute approximate surface area is 198 Å². The minimum absolute atomic E-state index is 0.187. The molecule has 3 aliphatic rings. The fourth-order valence-electron chi connectivity index (χ4n) is 3.80. The predicted octanol–water partition coefficient (Wildman–Crippen LogP) is 4.91. The lowest BCUT2D eigenvalue weighted by atomic mass is 9.91. The van der Waals surface area contributed by atoms with Crippen LogP contribution in [-0.4, -0.2) is 29.8 Å². The van der Waals surface area contributed by atoms with E-state index in [1.54, 1.807) is 12.3 Å². The first-order chi connectivity index (χ1) is 16.1. The molecule has 2 aliphatic heterocycles. The number of halogens is 2. The van der Waals surface area contributed by atoms with Gasteiger partial charge in [0.05, 0.1) is 17.7 Å². The van der Waals surface area contributed by atoms with Crippen molar-refractivity contribution in [2.24, 2.45) is 10.4 Å². The van der Waals surface area contributed by atoms with Crippen LogP contribution in [0.1, 0.15) is 46.0 Å². The van der Waals surface area contributed by atoms with Crippen LogP contribution in [0.3, 0.4) is 0 Å². The van der Waals surface area contributed by atoms with Crippen LogP contribution in [0.15, 0.2) is 88.4 Å². The number of alkyl halides is 2. The van der Waals surface area contributed by atoms with Crippen LogP contribution in [0.4, 0.5) is 8.78 Å². The Hall–Kier alpha value is -3.10. The standard InChI is InChI=1S/C26H31F2N3O3/c1-5-17(2)16-20(8-7-15-34-26(27,28)33)25(12-13-25)24(32)31-22-11-10-18(3)23(30-22)21-9-6-14-29-19(21)4/h6-9,14,16,29,33H,2,4-5,10-13,15H2,1,3H3,(H,30,31,32)/b8-7-,20-16+. The van der Waals surface area contributed by atoms with Crippen molar-refractivity contribution in [3.05, 3.63) is 83.4 Å². The third-order valence-electron chi connectivity index (χ3n) is 6.04. The third-order valence-corrected chi connectivity index (χ3v) is 6.04. The summed E-state index contributed by atoms with van der Waals surface area (Å²) in [6.07, 6.45) is 9.46. The second-order valence-electron chi connectivity index (χ2n) is 8.60. The summed E-state index contributed by atoms with van der Waals surface area (Å²) in [5.41, 5.74) is 4.24. The number of ether oxygens (including phenoxy) is 1. The first-order valence-electron chi connectivity index (χ1n) is 11.3. The molecular formula is C26H31F2N3O3. The van der Waals surface area contributed by atoms with Crippen molar-refractivity contribution in [3.63, 3.8) is 0 Å². The number of aliphatic imine (C=N–C) groups is 1. The highest BCUT2D eigenvalue weighted by atomic mass is 19.3. The highest BCUT2D eigenvalue weighted by molar-refractivity contribution is 6.04. The molecule has 0 saturated heterocycles. The van der Waals surface area contributed by atoms with E-state index in [0.29, 0.717) is 37.1 Å². The zero-order valence-corrected chi connectivity index (χ0v) is 19.6. The normalized spacial score (nSPS) is 20.1. The van der Waals surface area contributed by atoms with E-state index < -0.39 is 18.3 Å². The van der Waals surface area contributed by atoms with Gasteiger partial charge in [-0.1, -0.05) is 43.9 Å². The molecule has 0 aromatic carbocycles. The summed E-state index contributed by atoms with van der Waals surface area (Å²) in [6.45, 7) is 11.5. The maximum atomic E-state index is 13.4. The van der Waals surface area contributed by atoms with Gasteiger partial charge < -0.3 is 15.7 Å². The highest BCUT2D eigenvalue weighted by Gasteiger charge is 2.52. The number of carbonyl (C=O) groups is 1. The lowest BCUT2D eigenvalue weighted by Crippen LogP contribution is -2.38. The summed E-state index contributed by atoms with van der Waals surface area (Å²) in [5.74, 6) is 0.397. The van der Waals surface area contributed by atoms with E-state index in [-0.39, 0.29) is 5.91 Å². The van der Waals surface area contributed by atoms with Crippen molar-refractivity contribution in [1.29, 1.82) is 0 Å². The molecule has 0 spiro atoms. The smallest absolute Gasteiger partial charge is 0.362 e. The average Bonchev–Trinajstić information content (AvgIpc) is 3.59. The molecule has 1 fully saturated rings. The molecule has 0 atom stereocenters. The van der Waals surface area contributed by atoms with Crippen LogP contribution in [0.2, 0.25) is 0 Å². The fraction of sp³-hybridized carbons (Fsp3) is 0.385. The lowest BCUT2D eigenvalue weighted by Gasteiger charge is -2.23. The highest BCUT2D eigenvalue weighted by Crippen LogP contribution is 2.53. The molecule has 1 saturated carbocycles. The molecule has 0 radical (unpaired) electrons. The molecule has 0 bridgehead atoms. The van der Waals surface area contributed by atoms with E-state index in [1.165, 1.54) is 6.08 Å². The van der Waals surface area contributed by atoms with E-state index >= 15 is 0 Å². The zero-order valence-electron chi connectivity index (χ0n) is 19.6.